The number of hydrogen-bond donors (Lipinski definition) is 2. The van der Waals surface area contributed by atoms with Gasteiger partial charge in [0.2, 0.25) is 11.8 Å². The Labute approximate surface area is 133 Å². The average Bonchev–Trinajstić information content (AvgIpc) is 2.47. The standard InChI is InChI=1S/C14H15F2N3O2.C2H6/c15-10-3-8(19-5-7(17)6-19)4-11(16)13(10)9-1-2-12(20)18-14(9)21;1-2/h3-4,7,9H,1-2,5-6,17H2,(H,18,20,21);1-2H3. The summed E-state index contributed by atoms with van der Waals surface area (Å²) < 4.78 is 28.4. The number of nitrogens with one attached hydrogen (secondary N) is 1. The van der Waals surface area contributed by atoms with Crippen molar-refractivity contribution in [2.45, 2.75) is 38.6 Å². The van der Waals surface area contributed by atoms with E-state index in [2.05, 4.69) is 5.32 Å². The molecule has 2 aliphatic rings. The number of hydrogen-bond acceptors (Lipinski definition) is 4. The van der Waals surface area contributed by atoms with Crippen LogP contribution in [0.1, 0.15) is 38.2 Å². The summed E-state index contributed by atoms with van der Waals surface area (Å²) in [6, 6.07) is 2.45. The molecule has 2 fully saturated rings. The fourth-order valence-electron chi connectivity index (χ4n) is 2.78. The van der Waals surface area contributed by atoms with Gasteiger partial charge < -0.3 is 10.6 Å². The topological polar surface area (TPSA) is 75.4 Å². The number of anilines is 1. The summed E-state index contributed by atoms with van der Waals surface area (Å²) in [5.41, 5.74) is 5.80. The molecule has 5 nitrogen and oxygen atoms in total. The van der Waals surface area contributed by atoms with Gasteiger partial charge in [-0.15, -0.1) is 0 Å². The van der Waals surface area contributed by atoms with Crippen LogP contribution in [0, 0.1) is 11.6 Å². The molecule has 1 aromatic carbocycles. The molecule has 2 heterocycles. The number of nitrogens with zero attached hydrogens (tertiary/aromatic N) is 1. The summed E-state index contributed by atoms with van der Waals surface area (Å²) in [6.07, 6.45) is 0.199. The van der Waals surface area contributed by atoms with Crippen LogP contribution in [0.5, 0.6) is 0 Å². The summed E-state index contributed by atoms with van der Waals surface area (Å²) in [4.78, 5) is 24.6. The lowest BCUT2D eigenvalue weighted by atomic mass is 9.89. The van der Waals surface area contributed by atoms with Crippen molar-refractivity contribution in [3.8, 4) is 0 Å². The van der Waals surface area contributed by atoms with E-state index in [4.69, 9.17) is 5.73 Å². The molecule has 3 rings (SSSR count). The van der Waals surface area contributed by atoms with E-state index in [1.165, 1.54) is 12.1 Å². The first-order valence-corrected chi connectivity index (χ1v) is 7.79. The van der Waals surface area contributed by atoms with Crippen molar-refractivity contribution in [1.29, 1.82) is 0 Å². The molecule has 7 heteroatoms. The van der Waals surface area contributed by atoms with E-state index in [1.807, 2.05) is 13.8 Å². The number of carbonyl (C=O) groups is 2. The minimum atomic E-state index is -0.963. The molecule has 1 aromatic rings. The maximum Gasteiger partial charge on any atom is 0.234 e. The highest BCUT2D eigenvalue weighted by molar-refractivity contribution is 6.01. The van der Waals surface area contributed by atoms with Crippen LogP contribution in [-0.4, -0.2) is 30.9 Å². The Bertz CT molecular complexity index is 592. The van der Waals surface area contributed by atoms with E-state index in [1.54, 1.807) is 4.90 Å². The van der Waals surface area contributed by atoms with Crippen molar-refractivity contribution in [2.24, 2.45) is 5.73 Å². The second-order valence-electron chi connectivity index (χ2n) is 5.49. The smallest absolute Gasteiger partial charge is 0.234 e. The second kappa shape index (κ2) is 7.04. The molecular weight excluding hydrogens is 304 g/mol. The fourth-order valence-corrected chi connectivity index (χ4v) is 2.78. The van der Waals surface area contributed by atoms with E-state index in [0.717, 1.165) is 0 Å². The zero-order chi connectivity index (χ0) is 17.1. The Hall–Kier alpha value is -2.02. The molecule has 0 radical (unpaired) electrons. The number of imide groups is 1. The van der Waals surface area contributed by atoms with Gasteiger partial charge in [-0.3, -0.25) is 14.9 Å². The highest BCUT2D eigenvalue weighted by Gasteiger charge is 2.33. The Kier molecular flexibility index (Phi) is 5.30. The lowest BCUT2D eigenvalue weighted by Crippen LogP contribution is -2.55. The van der Waals surface area contributed by atoms with Gasteiger partial charge in [0.05, 0.1) is 5.92 Å². The van der Waals surface area contributed by atoms with Crippen LogP contribution < -0.4 is 16.0 Å². The van der Waals surface area contributed by atoms with Crippen molar-refractivity contribution in [3.05, 3.63) is 29.3 Å². The lowest BCUT2D eigenvalue weighted by Gasteiger charge is -2.39. The number of nitrogens with two attached hydrogens (primary N) is 1. The molecule has 1 unspecified atom stereocenters. The van der Waals surface area contributed by atoms with Gasteiger partial charge in [-0.25, -0.2) is 8.78 Å². The maximum absolute atomic E-state index is 14.2. The van der Waals surface area contributed by atoms with Gasteiger partial charge in [-0.05, 0) is 18.6 Å². The zero-order valence-corrected chi connectivity index (χ0v) is 13.2. The molecule has 2 amide bonds. The van der Waals surface area contributed by atoms with Gasteiger partial charge in [-0.2, -0.15) is 0 Å². The number of halogens is 2. The predicted molar refractivity (Wildman–Crippen MR) is 83.0 cm³/mol. The van der Waals surface area contributed by atoms with Crippen molar-refractivity contribution in [2.75, 3.05) is 18.0 Å². The van der Waals surface area contributed by atoms with Gasteiger partial charge in [-0.1, -0.05) is 13.8 Å². The Morgan fingerprint density at radius 3 is 2.22 bits per heavy atom. The molecule has 2 aliphatic heterocycles. The molecule has 0 saturated carbocycles. The summed E-state index contributed by atoms with van der Waals surface area (Å²) in [5.74, 6) is -3.55. The molecule has 0 aromatic heterocycles. The summed E-state index contributed by atoms with van der Waals surface area (Å²) >= 11 is 0. The molecule has 23 heavy (non-hydrogen) atoms. The number of amides is 2. The highest BCUT2D eigenvalue weighted by atomic mass is 19.1. The fraction of sp³-hybridized carbons (Fsp3) is 0.500. The van der Waals surface area contributed by atoms with E-state index in [9.17, 15) is 18.4 Å². The number of carbonyl (C=O) groups excluding carboxylic acids is 2. The minimum Gasteiger partial charge on any atom is -0.368 e. The first kappa shape index (κ1) is 17.3. The van der Waals surface area contributed by atoms with Crippen LogP contribution in [0.15, 0.2) is 12.1 Å². The zero-order valence-electron chi connectivity index (χ0n) is 13.2. The highest BCUT2D eigenvalue weighted by Crippen LogP contribution is 2.33. The molecular formula is C16H21F2N3O2. The maximum atomic E-state index is 14.2. The van der Waals surface area contributed by atoms with Gasteiger partial charge in [0.15, 0.2) is 0 Å². The number of benzene rings is 1. The van der Waals surface area contributed by atoms with Crippen LogP contribution in [0.2, 0.25) is 0 Å². The third kappa shape index (κ3) is 3.50. The van der Waals surface area contributed by atoms with Crippen LogP contribution in [-0.2, 0) is 9.59 Å². The molecule has 1 atom stereocenters. The molecule has 0 spiro atoms. The first-order chi connectivity index (χ1) is 11.0. The molecule has 2 saturated heterocycles. The normalized spacial score (nSPS) is 21.3. The molecule has 126 valence electrons. The summed E-state index contributed by atoms with van der Waals surface area (Å²) in [7, 11) is 0. The van der Waals surface area contributed by atoms with E-state index >= 15 is 0 Å². The largest absolute Gasteiger partial charge is 0.368 e. The van der Waals surface area contributed by atoms with E-state index in [-0.39, 0.29) is 24.4 Å². The van der Waals surface area contributed by atoms with Crippen molar-refractivity contribution in [3.63, 3.8) is 0 Å². The molecule has 3 N–H and O–H groups in total. The van der Waals surface area contributed by atoms with Gasteiger partial charge in [0, 0.05) is 36.8 Å². The number of piperidine rings is 1. The van der Waals surface area contributed by atoms with Gasteiger partial charge in [0.25, 0.3) is 0 Å². The predicted octanol–water partition coefficient (Wildman–Crippen LogP) is 1.66. The minimum absolute atomic E-state index is 0.0194. The van der Waals surface area contributed by atoms with E-state index in [0.29, 0.717) is 18.8 Å². The van der Waals surface area contributed by atoms with Crippen LogP contribution in [0.4, 0.5) is 14.5 Å². The monoisotopic (exact) mass is 325 g/mol. The van der Waals surface area contributed by atoms with Gasteiger partial charge >= 0.3 is 0 Å². The number of rotatable bonds is 2. The van der Waals surface area contributed by atoms with E-state index < -0.39 is 29.4 Å². The first-order valence-electron chi connectivity index (χ1n) is 7.79. The SMILES string of the molecule is CC.NC1CN(c2cc(F)c(C3CCC(=O)NC3=O)c(F)c2)C1. The van der Waals surface area contributed by atoms with Crippen LogP contribution in [0.25, 0.3) is 0 Å². The van der Waals surface area contributed by atoms with Gasteiger partial charge in [0.1, 0.15) is 11.6 Å². The third-order valence-electron chi connectivity index (χ3n) is 3.93. The summed E-state index contributed by atoms with van der Waals surface area (Å²) in [6.45, 7) is 5.10. The Morgan fingerprint density at radius 1 is 1.17 bits per heavy atom. The second-order valence-corrected chi connectivity index (χ2v) is 5.49. The van der Waals surface area contributed by atoms with Crippen molar-refractivity contribution >= 4 is 17.5 Å². The average molecular weight is 325 g/mol. The molecule has 0 bridgehead atoms. The third-order valence-corrected chi connectivity index (χ3v) is 3.93. The quantitative estimate of drug-likeness (QED) is 0.811. The lowest BCUT2D eigenvalue weighted by molar-refractivity contribution is -0.134. The summed E-state index contributed by atoms with van der Waals surface area (Å²) in [5, 5.41) is 2.11. The van der Waals surface area contributed by atoms with Crippen molar-refractivity contribution in [1.82, 2.24) is 5.32 Å². The van der Waals surface area contributed by atoms with Crippen molar-refractivity contribution < 1.29 is 18.4 Å². The van der Waals surface area contributed by atoms with Crippen LogP contribution in [0.3, 0.4) is 0 Å². The van der Waals surface area contributed by atoms with Crippen LogP contribution >= 0.6 is 0 Å². The Morgan fingerprint density at radius 2 is 1.74 bits per heavy atom. The Balaban J connectivity index is 0.000000924. The molecule has 0 aliphatic carbocycles.